The van der Waals surface area contributed by atoms with Crippen molar-refractivity contribution in [2.75, 3.05) is 10.8 Å². The molecule has 1 N–H and O–H groups in total. The average Bonchev–Trinajstić information content (AvgIpc) is 3.23. The minimum absolute atomic E-state index is 0.240. The molecule has 146 valence electrons. The lowest BCUT2D eigenvalue weighted by molar-refractivity contribution is -0.120. The maximum atomic E-state index is 13.0. The Morgan fingerprint density at radius 1 is 1.03 bits per heavy atom. The van der Waals surface area contributed by atoms with Gasteiger partial charge in [0.25, 0.3) is 10.0 Å². The number of hydrogen-bond acceptors (Lipinski definition) is 4. The molecule has 0 fully saturated rings. The van der Waals surface area contributed by atoms with Crippen LogP contribution in [0.5, 0.6) is 0 Å². The number of fused-ring (bicyclic) bond motifs is 1. The summed E-state index contributed by atoms with van der Waals surface area (Å²) in [4.78, 5) is 12.9. The number of amides is 1. The Labute approximate surface area is 167 Å². The largest absolute Gasteiger partial charge is 0.459 e. The molecule has 1 aliphatic heterocycles. The monoisotopic (exact) mass is 406 g/mol. The van der Waals surface area contributed by atoms with Crippen LogP contribution in [0.4, 0.5) is 5.69 Å². The fraction of sp³-hybridized carbons (Fsp3) is 0.136. The molecule has 4 aromatic rings. The minimum Gasteiger partial charge on any atom is -0.459 e. The third-order valence-corrected chi connectivity index (χ3v) is 7.02. The fourth-order valence-electron chi connectivity index (χ4n) is 3.83. The molecule has 3 aromatic carbocycles. The molecule has 1 aromatic heterocycles. The van der Waals surface area contributed by atoms with Gasteiger partial charge in [-0.3, -0.25) is 9.10 Å². The summed E-state index contributed by atoms with van der Waals surface area (Å²) in [5.41, 5.74) is 1.28. The second kappa shape index (κ2) is 6.35. The molecule has 5 rings (SSSR count). The second-order valence-corrected chi connectivity index (χ2v) is 8.95. The van der Waals surface area contributed by atoms with E-state index in [9.17, 15) is 13.2 Å². The molecule has 0 saturated heterocycles. The van der Waals surface area contributed by atoms with Crippen molar-refractivity contribution in [1.82, 2.24) is 5.32 Å². The molecule has 29 heavy (non-hydrogen) atoms. The van der Waals surface area contributed by atoms with Gasteiger partial charge in [-0.05, 0) is 36.6 Å². The lowest BCUT2D eigenvalue weighted by Crippen LogP contribution is -2.39. The van der Waals surface area contributed by atoms with Gasteiger partial charge in [0.05, 0.1) is 16.6 Å². The Morgan fingerprint density at radius 2 is 1.76 bits per heavy atom. The highest BCUT2D eigenvalue weighted by Gasteiger charge is 2.36. The average molecular weight is 406 g/mol. The second-order valence-electron chi connectivity index (χ2n) is 7.12. The minimum atomic E-state index is -3.77. The smallest absolute Gasteiger partial charge is 0.265 e. The highest BCUT2D eigenvalue weighted by molar-refractivity contribution is 7.93. The van der Waals surface area contributed by atoms with E-state index < -0.39 is 22.0 Å². The maximum absolute atomic E-state index is 13.0. The predicted molar refractivity (Wildman–Crippen MR) is 111 cm³/mol. The van der Waals surface area contributed by atoms with E-state index in [1.165, 1.54) is 4.31 Å². The number of nitrogens with zero attached hydrogens (tertiary/aromatic N) is 1. The van der Waals surface area contributed by atoms with Gasteiger partial charge >= 0.3 is 0 Å². The maximum Gasteiger partial charge on any atom is 0.265 e. The van der Waals surface area contributed by atoms with Gasteiger partial charge in [-0.25, -0.2) is 8.42 Å². The van der Waals surface area contributed by atoms with Crippen molar-refractivity contribution in [3.05, 3.63) is 72.5 Å². The lowest BCUT2D eigenvalue weighted by Gasteiger charge is -2.19. The lowest BCUT2D eigenvalue weighted by atomic mass is 10.1. The molecule has 0 saturated carbocycles. The first-order chi connectivity index (χ1) is 13.9. The van der Waals surface area contributed by atoms with Gasteiger partial charge in [-0.1, -0.05) is 42.5 Å². The summed E-state index contributed by atoms with van der Waals surface area (Å²) in [6.07, 6.45) is 0. The van der Waals surface area contributed by atoms with Gasteiger partial charge in [-0.15, -0.1) is 0 Å². The number of anilines is 1. The number of para-hydroxylation sites is 1. The van der Waals surface area contributed by atoms with E-state index in [0.29, 0.717) is 16.8 Å². The first kappa shape index (κ1) is 17.8. The predicted octanol–water partition coefficient (Wildman–Crippen LogP) is 3.97. The summed E-state index contributed by atoms with van der Waals surface area (Å²) >= 11 is 0. The summed E-state index contributed by atoms with van der Waals surface area (Å²) in [6.45, 7) is 1.52. The first-order valence-corrected chi connectivity index (χ1v) is 10.7. The van der Waals surface area contributed by atoms with Crippen molar-refractivity contribution in [2.24, 2.45) is 0 Å². The van der Waals surface area contributed by atoms with Gasteiger partial charge in [0, 0.05) is 10.8 Å². The normalized spacial score (nSPS) is 15.7. The van der Waals surface area contributed by atoms with Crippen LogP contribution in [0.25, 0.3) is 21.7 Å². The van der Waals surface area contributed by atoms with Crippen molar-refractivity contribution < 1.29 is 17.6 Å². The standard InChI is InChI=1S/C22H18N2O4S/c1-14(19-12-16-6-2-3-10-18(16)28-19)23-21(25)13-24-17-9-4-7-15-8-5-11-20(22(15)17)29(24,26)27/h2-12,14H,13H2,1H3,(H,23,25)/t14-/m0/s1. The molecular formula is C22H18N2O4S. The SMILES string of the molecule is C[C@H](NC(=O)CN1c2cccc3cccc(c23)S1(=O)=O)c1cc2ccccc2o1. The molecule has 6 nitrogen and oxygen atoms in total. The Morgan fingerprint density at radius 3 is 2.55 bits per heavy atom. The Bertz CT molecular complexity index is 1340. The summed E-state index contributed by atoms with van der Waals surface area (Å²) in [5, 5.41) is 5.29. The van der Waals surface area contributed by atoms with E-state index in [1.54, 1.807) is 24.3 Å². The number of carbonyl (C=O) groups is 1. The van der Waals surface area contributed by atoms with Gasteiger partial charge in [0.2, 0.25) is 5.91 Å². The van der Waals surface area contributed by atoms with Crippen molar-refractivity contribution in [2.45, 2.75) is 17.9 Å². The Hall–Kier alpha value is -3.32. The molecule has 0 radical (unpaired) electrons. The van der Waals surface area contributed by atoms with E-state index in [-0.39, 0.29) is 11.4 Å². The first-order valence-electron chi connectivity index (χ1n) is 9.27. The van der Waals surface area contributed by atoms with Crippen LogP contribution < -0.4 is 9.62 Å². The molecule has 2 heterocycles. The van der Waals surface area contributed by atoms with Gasteiger partial charge in [0.15, 0.2) is 0 Å². The van der Waals surface area contributed by atoms with Crippen molar-refractivity contribution in [3.63, 3.8) is 0 Å². The summed E-state index contributed by atoms with van der Waals surface area (Å²) in [7, 11) is -3.77. The molecule has 7 heteroatoms. The molecule has 0 spiro atoms. The van der Waals surface area contributed by atoms with Crippen LogP contribution in [-0.2, 0) is 14.8 Å². The molecule has 0 bridgehead atoms. The molecular weight excluding hydrogens is 388 g/mol. The van der Waals surface area contributed by atoms with Crippen LogP contribution in [0, 0.1) is 0 Å². The number of carbonyl (C=O) groups excluding carboxylic acids is 1. The third-order valence-electron chi connectivity index (χ3n) is 5.22. The number of rotatable bonds is 4. The number of furan rings is 1. The zero-order chi connectivity index (χ0) is 20.2. The van der Waals surface area contributed by atoms with Crippen LogP contribution in [0.3, 0.4) is 0 Å². The van der Waals surface area contributed by atoms with Crippen LogP contribution in [0.1, 0.15) is 18.7 Å². The van der Waals surface area contributed by atoms with E-state index in [4.69, 9.17) is 4.42 Å². The van der Waals surface area contributed by atoms with Crippen molar-refractivity contribution in [1.29, 1.82) is 0 Å². The van der Waals surface area contributed by atoms with E-state index in [2.05, 4.69) is 5.32 Å². The highest BCUT2D eigenvalue weighted by atomic mass is 32.2. The molecule has 0 aliphatic carbocycles. The van der Waals surface area contributed by atoms with E-state index in [1.807, 2.05) is 49.4 Å². The fourth-order valence-corrected chi connectivity index (χ4v) is 5.50. The molecule has 1 aliphatic rings. The zero-order valence-electron chi connectivity index (χ0n) is 15.6. The van der Waals surface area contributed by atoms with Crippen molar-refractivity contribution >= 4 is 43.4 Å². The van der Waals surface area contributed by atoms with Crippen molar-refractivity contribution in [3.8, 4) is 0 Å². The quantitative estimate of drug-likeness (QED) is 0.556. The summed E-state index contributed by atoms with van der Waals surface area (Å²) in [6, 6.07) is 19.6. The Balaban J connectivity index is 1.40. The van der Waals surface area contributed by atoms with Gasteiger partial charge in [0.1, 0.15) is 17.9 Å². The zero-order valence-corrected chi connectivity index (χ0v) is 16.4. The molecule has 1 amide bonds. The van der Waals surface area contributed by atoms with Crippen LogP contribution >= 0.6 is 0 Å². The van der Waals surface area contributed by atoms with Crippen LogP contribution in [0.15, 0.2) is 76.0 Å². The molecule has 0 unspecified atom stereocenters. The summed E-state index contributed by atoms with van der Waals surface area (Å²) in [5.74, 6) is 0.223. The summed E-state index contributed by atoms with van der Waals surface area (Å²) < 4.78 is 33.0. The Kier molecular flexibility index (Phi) is 3.89. The van der Waals surface area contributed by atoms with Crippen LogP contribution in [-0.4, -0.2) is 20.9 Å². The topological polar surface area (TPSA) is 79.6 Å². The highest BCUT2D eigenvalue weighted by Crippen LogP contribution is 2.41. The number of benzene rings is 3. The number of sulfonamides is 1. The van der Waals surface area contributed by atoms with E-state index in [0.717, 1.165) is 16.4 Å². The van der Waals surface area contributed by atoms with E-state index >= 15 is 0 Å². The van der Waals surface area contributed by atoms with Gasteiger partial charge in [-0.2, -0.15) is 0 Å². The molecule has 1 atom stereocenters. The van der Waals surface area contributed by atoms with Crippen LogP contribution in [0.2, 0.25) is 0 Å². The third kappa shape index (κ3) is 2.77. The van der Waals surface area contributed by atoms with Gasteiger partial charge < -0.3 is 9.73 Å². The number of nitrogens with one attached hydrogen (secondary N) is 1. The number of hydrogen-bond donors (Lipinski definition) is 1.